The van der Waals surface area contributed by atoms with E-state index in [1.807, 2.05) is 53.4 Å². The Morgan fingerprint density at radius 2 is 1.77 bits per heavy atom. The molecule has 2 heterocycles. The molecule has 0 radical (unpaired) electrons. The van der Waals surface area contributed by atoms with Crippen molar-refractivity contribution in [1.29, 1.82) is 0 Å². The summed E-state index contributed by atoms with van der Waals surface area (Å²) < 4.78 is 7.04. The number of aromatic nitrogens is 2. The molecule has 1 aromatic heterocycles. The Balaban J connectivity index is 1.49. The van der Waals surface area contributed by atoms with Crippen LogP contribution in [0.5, 0.6) is 0 Å². The summed E-state index contributed by atoms with van der Waals surface area (Å²) in [4.78, 5) is 35.2. The molecule has 1 aliphatic heterocycles. The second kappa shape index (κ2) is 11.5. The number of ether oxygens (including phenoxy) is 1. The van der Waals surface area contributed by atoms with E-state index in [4.69, 9.17) is 9.72 Å². The number of hydrogen-bond acceptors (Lipinski definition) is 5. The van der Waals surface area contributed by atoms with Gasteiger partial charge in [-0.2, -0.15) is 0 Å². The fourth-order valence-corrected chi connectivity index (χ4v) is 4.71. The highest BCUT2D eigenvalue weighted by atomic mass is 16.5. The summed E-state index contributed by atoms with van der Waals surface area (Å²) in [5, 5.41) is 3.63. The zero-order chi connectivity index (χ0) is 24.8. The number of fused-ring (bicyclic) bond motifs is 1. The fraction of sp³-hybridized carbons (Fsp3) is 0.444. The van der Waals surface area contributed by atoms with Crippen LogP contribution in [0.3, 0.4) is 0 Å². The smallest absolute Gasteiger partial charge is 0.321 e. The third-order valence-electron chi connectivity index (χ3n) is 6.75. The molecule has 0 spiro atoms. The summed E-state index contributed by atoms with van der Waals surface area (Å²) in [6.07, 6.45) is 1.79. The maximum absolute atomic E-state index is 13.3. The molecule has 1 aliphatic rings. The molecule has 1 fully saturated rings. The van der Waals surface area contributed by atoms with Gasteiger partial charge >= 0.3 is 6.03 Å². The highest BCUT2D eigenvalue weighted by Crippen LogP contribution is 2.25. The van der Waals surface area contributed by atoms with E-state index in [0.29, 0.717) is 50.2 Å². The number of anilines is 1. The van der Waals surface area contributed by atoms with Crippen molar-refractivity contribution in [2.75, 3.05) is 45.2 Å². The van der Waals surface area contributed by atoms with Crippen molar-refractivity contribution in [2.24, 2.45) is 0 Å². The number of carbonyl (C=O) groups excluding carboxylic acids is 1. The molecule has 186 valence electrons. The fourth-order valence-electron chi connectivity index (χ4n) is 4.71. The lowest BCUT2D eigenvalue weighted by molar-refractivity contribution is 0.103. The monoisotopic (exact) mass is 477 g/mol. The number of amides is 2. The van der Waals surface area contributed by atoms with E-state index in [1.165, 1.54) is 5.56 Å². The van der Waals surface area contributed by atoms with Gasteiger partial charge in [0.1, 0.15) is 5.82 Å². The Morgan fingerprint density at radius 1 is 1.06 bits per heavy atom. The van der Waals surface area contributed by atoms with E-state index in [-0.39, 0.29) is 17.6 Å². The third-order valence-corrected chi connectivity index (χ3v) is 6.75. The van der Waals surface area contributed by atoms with E-state index in [1.54, 1.807) is 11.7 Å². The topological polar surface area (TPSA) is 79.7 Å². The second-order valence-electron chi connectivity index (χ2n) is 8.86. The van der Waals surface area contributed by atoms with Crippen LogP contribution in [-0.2, 0) is 17.7 Å². The van der Waals surface area contributed by atoms with E-state index < -0.39 is 0 Å². The first-order valence-electron chi connectivity index (χ1n) is 12.4. The number of nitrogens with zero attached hydrogens (tertiary/aromatic N) is 4. The van der Waals surface area contributed by atoms with Crippen LogP contribution in [0.25, 0.3) is 10.9 Å². The zero-order valence-electron chi connectivity index (χ0n) is 20.9. The Labute approximate surface area is 206 Å². The van der Waals surface area contributed by atoms with Crippen molar-refractivity contribution in [3.8, 4) is 0 Å². The maximum Gasteiger partial charge on any atom is 0.321 e. The van der Waals surface area contributed by atoms with Gasteiger partial charge in [-0.05, 0) is 42.7 Å². The minimum atomic E-state index is -0.0808. The Bertz CT molecular complexity index is 1200. The summed E-state index contributed by atoms with van der Waals surface area (Å²) in [7, 11) is 1.64. The Kier molecular flexibility index (Phi) is 8.15. The van der Waals surface area contributed by atoms with E-state index in [9.17, 15) is 9.59 Å². The summed E-state index contributed by atoms with van der Waals surface area (Å²) in [6, 6.07) is 15.4. The standard InChI is InChI=1S/C27H35N5O3/c1-4-20-10-12-21(13-11-20)28-27(34)31-16-14-30(15-17-31)24(5-2)25-29-23-9-7-6-8-22(23)26(33)32(25)18-19-35-3/h6-13,24H,4-5,14-19H2,1-3H3,(H,28,34). The lowest BCUT2D eigenvalue weighted by Gasteiger charge is -2.39. The maximum atomic E-state index is 13.3. The van der Waals surface area contributed by atoms with Gasteiger partial charge < -0.3 is 15.0 Å². The van der Waals surface area contributed by atoms with Crippen molar-refractivity contribution >= 4 is 22.6 Å². The SMILES string of the molecule is CCc1ccc(NC(=O)N2CCN(C(CC)c3nc4ccccc4c(=O)n3CCOC)CC2)cc1. The van der Waals surface area contributed by atoms with E-state index >= 15 is 0 Å². The number of nitrogens with one attached hydrogen (secondary N) is 1. The number of hydrogen-bond donors (Lipinski definition) is 1. The number of benzene rings is 2. The number of aryl methyl sites for hydroxylation is 1. The number of carbonyl (C=O) groups is 1. The summed E-state index contributed by atoms with van der Waals surface area (Å²) in [5.74, 6) is 0.766. The molecule has 4 rings (SSSR count). The molecule has 3 aromatic rings. The summed E-state index contributed by atoms with van der Waals surface area (Å²) in [6.45, 7) is 7.79. The minimum Gasteiger partial charge on any atom is -0.383 e. The van der Waals surface area contributed by atoms with Crippen LogP contribution >= 0.6 is 0 Å². The van der Waals surface area contributed by atoms with Gasteiger partial charge in [0.2, 0.25) is 0 Å². The van der Waals surface area contributed by atoms with Gasteiger partial charge in [-0.3, -0.25) is 14.3 Å². The number of urea groups is 1. The minimum absolute atomic E-state index is 0.0176. The highest BCUT2D eigenvalue weighted by molar-refractivity contribution is 5.89. The highest BCUT2D eigenvalue weighted by Gasteiger charge is 2.29. The van der Waals surface area contributed by atoms with Gasteiger partial charge in [0.25, 0.3) is 5.56 Å². The van der Waals surface area contributed by atoms with Crippen molar-refractivity contribution in [3.63, 3.8) is 0 Å². The summed E-state index contributed by atoms with van der Waals surface area (Å²) in [5.41, 5.74) is 2.73. The number of para-hydroxylation sites is 1. The Hall–Kier alpha value is -3.23. The number of piperazine rings is 1. The Morgan fingerprint density at radius 3 is 2.43 bits per heavy atom. The second-order valence-corrected chi connectivity index (χ2v) is 8.86. The lowest BCUT2D eigenvalue weighted by atomic mass is 10.1. The molecule has 2 aromatic carbocycles. The quantitative estimate of drug-likeness (QED) is 0.532. The van der Waals surface area contributed by atoms with E-state index in [0.717, 1.165) is 24.4 Å². The average Bonchev–Trinajstić information content (AvgIpc) is 2.90. The van der Waals surface area contributed by atoms with Crippen LogP contribution in [0.15, 0.2) is 53.3 Å². The molecule has 35 heavy (non-hydrogen) atoms. The molecule has 1 unspecified atom stereocenters. The molecule has 0 bridgehead atoms. The van der Waals surface area contributed by atoms with Crippen LogP contribution in [-0.4, -0.2) is 65.3 Å². The van der Waals surface area contributed by atoms with Crippen LogP contribution in [0.4, 0.5) is 10.5 Å². The number of rotatable bonds is 8. The van der Waals surface area contributed by atoms with Crippen molar-refractivity contribution in [3.05, 3.63) is 70.3 Å². The third kappa shape index (κ3) is 5.55. The van der Waals surface area contributed by atoms with Gasteiger partial charge in [0.05, 0.1) is 30.1 Å². The van der Waals surface area contributed by atoms with Gasteiger partial charge in [0, 0.05) is 39.0 Å². The molecule has 1 saturated heterocycles. The molecule has 8 heteroatoms. The average molecular weight is 478 g/mol. The zero-order valence-corrected chi connectivity index (χ0v) is 20.9. The van der Waals surface area contributed by atoms with Crippen LogP contribution < -0.4 is 10.9 Å². The van der Waals surface area contributed by atoms with Crippen molar-refractivity contribution < 1.29 is 9.53 Å². The normalized spacial score (nSPS) is 15.3. The van der Waals surface area contributed by atoms with Gasteiger partial charge in [0.15, 0.2) is 0 Å². The van der Waals surface area contributed by atoms with Crippen LogP contribution in [0.1, 0.15) is 37.7 Å². The molecular weight excluding hydrogens is 442 g/mol. The first kappa shape index (κ1) is 24.9. The van der Waals surface area contributed by atoms with Gasteiger partial charge in [-0.15, -0.1) is 0 Å². The molecule has 1 atom stereocenters. The van der Waals surface area contributed by atoms with Gasteiger partial charge in [-0.25, -0.2) is 9.78 Å². The first-order valence-corrected chi connectivity index (χ1v) is 12.4. The molecule has 1 N–H and O–H groups in total. The predicted molar refractivity (Wildman–Crippen MR) is 139 cm³/mol. The van der Waals surface area contributed by atoms with Crippen molar-refractivity contribution in [2.45, 2.75) is 39.3 Å². The largest absolute Gasteiger partial charge is 0.383 e. The first-order chi connectivity index (χ1) is 17.0. The molecular formula is C27H35N5O3. The lowest BCUT2D eigenvalue weighted by Crippen LogP contribution is -2.51. The number of methoxy groups -OCH3 is 1. The molecule has 0 aliphatic carbocycles. The van der Waals surface area contributed by atoms with Gasteiger partial charge in [-0.1, -0.05) is 38.1 Å². The predicted octanol–water partition coefficient (Wildman–Crippen LogP) is 3.91. The molecule has 0 saturated carbocycles. The molecule has 8 nitrogen and oxygen atoms in total. The van der Waals surface area contributed by atoms with E-state index in [2.05, 4.69) is 24.1 Å². The van der Waals surface area contributed by atoms with Crippen molar-refractivity contribution in [1.82, 2.24) is 19.4 Å². The molecule has 2 amide bonds. The summed E-state index contributed by atoms with van der Waals surface area (Å²) >= 11 is 0. The van der Waals surface area contributed by atoms with Crippen LogP contribution in [0, 0.1) is 0 Å². The van der Waals surface area contributed by atoms with Crippen LogP contribution in [0.2, 0.25) is 0 Å².